The lowest BCUT2D eigenvalue weighted by atomic mass is 10.1. The summed E-state index contributed by atoms with van der Waals surface area (Å²) in [6.45, 7) is 0.115. The first kappa shape index (κ1) is 14.6. The Labute approximate surface area is 124 Å². The second kappa shape index (κ2) is 6.11. The normalized spacial score (nSPS) is 10.3. The Bertz CT molecular complexity index is 662. The topological polar surface area (TPSA) is 49.3 Å². The fourth-order valence-electron chi connectivity index (χ4n) is 1.63. The average molecular weight is 314 g/mol. The highest BCUT2D eigenvalue weighted by Crippen LogP contribution is 2.22. The highest BCUT2D eigenvalue weighted by molar-refractivity contribution is 6.31. The monoisotopic (exact) mass is 313 g/mol. The van der Waals surface area contributed by atoms with E-state index in [1.54, 1.807) is 0 Å². The number of hydrogen-bond acceptors (Lipinski definition) is 2. The summed E-state index contributed by atoms with van der Waals surface area (Å²) in [5.41, 5.74) is 0.638. The Balaban J connectivity index is 2.10. The first-order valence-corrected chi connectivity index (χ1v) is 6.43. The second-order valence-electron chi connectivity index (χ2n) is 4.08. The fraction of sp³-hybridized carbons (Fsp3) is 0.0714. The van der Waals surface area contributed by atoms with Gasteiger partial charge < -0.3 is 10.4 Å². The van der Waals surface area contributed by atoms with Crippen molar-refractivity contribution in [1.29, 1.82) is 0 Å². The summed E-state index contributed by atoms with van der Waals surface area (Å²) in [6.07, 6.45) is 0. The van der Waals surface area contributed by atoms with Crippen LogP contribution in [0.5, 0.6) is 5.75 Å². The molecular weight excluding hydrogens is 304 g/mol. The zero-order chi connectivity index (χ0) is 14.7. The lowest BCUT2D eigenvalue weighted by molar-refractivity contribution is 0.0948. The third-order valence-electron chi connectivity index (χ3n) is 2.66. The number of carbonyl (C=O) groups excluding carboxylic acids is 1. The molecule has 0 saturated heterocycles. The Morgan fingerprint density at radius 1 is 1.20 bits per heavy atom. The number of carbonyl (C=O) groups is 1. The van der Waals surface area contributed by atoms with Crippen molar-refractivity contribution in [3.05, 3.63) is 63.4 Å². The molecule has 6 heteroatoms. The summed E-state index contributed by atoms with van der Waals surface area (Å²) < 4.78 is 12.9. The van der Waals surface area contributed by atoms with E-state index in [0.29, 0.717) is 10.6 Å². The van der Waals surface area contributed by atoms with Crippen molar-refractivity contribution in [1.82, 2.24) is 5.32 Å². The van der Waals surface area contributed by atoms with Gasteiger partial charge in [-0.2, -0.15) is 0 Å². The number of nitrogens with one attached hydrogen (secondary N) is 1. The Morgan fingerprint density at radius 2 is 1.95 bits per heavy atom. The van der Waals surface area contributed by atoms with Crippen LogP contribution in [0.25, 0.3) is 0 Å². The van der Waals surface area contributed by atoms with Crippen LogP contribution in [0.15, 0.2) is 36.4 Å². The molecule has 0 heterocycles. The van der Waals surface area contributed by atoms with E-state index >= 15 is 0 Å². The summed E-state index contributed by atoms with van der Waals surface area (Å²) in [4.78, 5) is 11.9. The highest BCUT2D eigenvalue weighted by Gasteiger charge is 2.12. The van der Waals surface area contributed by atoms with Crippen LogP contribution < -0.4 is 5.32 Å². The summed E-state index contributed by atoms with van der Waals surface area (Å²) in [6, 6.07) is 8.07. The molecule has 0 radical (unpaired) electrons. The second-order valence-corrected chi connectivity index (χ2v) is 4.92. The Morgan fingerprint density at radius 3 is 2.65 bits per heavy atom. The summed E-state index contributed by atoms with van der Waals surface area (Å²) >= 11 is 11.6. The third kappa shape index (κ3) is 3.40. The lowest BCUT2D eigenvalue weighted by Gasteiger charge is -2.08. The largest absolute Gasteiger partial charge is 0.507 e. The van der Waals surface area contributed by atoms with Crippen molar-refractivity contribution in [2.75, 3.05) is 0 Å². The predicted molar refractivity (Wildman–Crippen MR) is 75.7 cm³/mol. The molecule has 0 aliphatic carbocycles. The molecule has 0 aliphatic rings. The van der Waals surface area contributed by atoms with E-state index in [1.165, 1.54) is 36.4 Å². The predicted octanol–water partition coefficient (Wildman–Crippen LogP) is 3.77. The molecule has 0 spiro atoms. The molecule has 104 valence electrons. The molecule has 0 fully saturated rings. The van der Waals surface area contributed by atoms with Crippen molar-refractivity contribution in [2.45, 2.75) is 6.54 Å². The number of benzene rings is 2. The minimum Gasteiger partial charge on any atom is -0.507 e. The van der Waals surface area contributed by atoms with Crippen molar-refractivity contribution < 1.29 is 14.3 Å². The van der Waals surface area contributed by atoms with Gasteiger partial charge in [-0.3, -0.25) is 4.79 Å². The molecular formula is C14H10Cl2FNO2. The molecule has 1 amide bonds. The minimum atomic E-state index is -0.495. The molecule has 0 atom stereocenters. The molecule has 2 aromatic carbocycles. The van der Waals surface area contributed by atoms with Gasteiger partial charge in [-0.05, 0) is 35.9 Å². The summed E-state index contributed by atoms with van der Waals surface area (Å²) in [5.74, 6) is -1.11. The van der Waals surface area contributed by atoms with Gasteiger partial charge in [0.05, 0.1) is 5.56 Å². The van der Waals surface area contributed by atoms with Crippen LogP contribution in [-0.2, 0) is 6.54 Å². The molecule has 2 aromatic rings. The zero-order valence-corrected chi connectivity index (χ0v) is 11.7. The van der Waals surface area contributed by atoms with Gasteiger partial charge in [-0.25, -0.2) is 4.39 Å². The van der Waals surface area contributed by atoms with E-state index in [-0.39, 0.29) is 22.9 Å². The van der Waals surface area contributed by atoms with E-state index < -0.39 is 11.7 Å². The van der Waals surface area contributed by atoms with Crippen molar-refractivity contribution in [3.8, 4) is 5.75 Å². The number of rotatable bonds is 3. The van der Waals surface area contributed by atoms with E-state index in [4.69, 9.17) is 23.2 Å². The van der Waals surface area contributed by atoms with E-state index in [2.05, 4.69) is 5.32 Å². The van der Waals surface area contributed by atoms with Gasteiger partial charge in [0.1, 0.15) is 11.6 Å². The van der Waals surface area contributed by atoms with Gasteiger partial charge in [0, 0.05) is 16.6 Å². The first-order valence-electron chi connectivity index (χ1n) is 5.68. The smallest absolute Gasteiger partial charge is 0.255 e. The highest BCUT2D eigenvalue weighted by atomic mass is 35.5. The molecule has 0 bridgehead atoms. The first-order chi connectivity index (χ1) is 9.47. The fourth-order valence-corrected chi connectivity index (χ4v) is 2.03. The van der Waals surface area contributed by atoms with Crippen LogP contribution in [0.1, 0.15) is 15.9 Å². The number of aromatic hydroxyl groups is 1. The number of halogens is 3. The van der Waals surface area contributed by atoms with Crippen LogP contribution >= 0.6 is 23.2 Å². The van der Waals surface area contributed by atoms with Gasteiger partial charge in [-0.15, -0.1) is 0 Å². The average Bonchev–Trinajstić information content (AvgIpc) is 2.40. The number of amides is 1. The number of phenolic OH excluding ortho intramolecular Hbond substituents is 1. The van der Waals surface area contributed by atoms with E-state index in [0.717, 1.165) is 0 Å². The van der Waals surface area contributed by atoms with E-state index in [1.807, 2.05) is 0 Å². The SMILES string of the molecule is O=C(NCc1ccc(F)cc1Cl)c1cc(Cl)ccc1O. The minimum absolute atomic E-state index is 0.0655. The van der Waals surface area contributed by atoms with Crippen LogP contribution in [0.2, 0.25) is 10.0 Å². The third-order valence-corrected chi connectivity index (χ3v) is 3.24. The molecule has 0 unspecified atom stereocenters. The van der Waals surface area contributed by atoms with Crippen LogP contribution in [-0.4, -0.2) is 11.0 Å². The van der Waals surface area contributed by atoms with Gasteiger partial charge >= 0.3 is 0 Å². The van der Waals surface area contributed by atoms with Crippen LogP contribution in [0, 0.1) is 5.82 Å². The molecule has 3 nitrogen and oxygen atoms in total. The van der Waals surface area contributed by atoms with Gasteiger partial charge in [0.15, 0.2) is 0 Å². The molecule has 2 N–H and O–H groups in total. The quantitative estimate of drug-likeness (QED) is 0.906. The maximum atomic E-state index is 12.9. The van der Waals surface area contributed by atoms with Crippen molar-refractivity contribution in [3.63, 3.8) is 0 Å². The molecule has 0 aromatic heterocycles. The van der Waals surface area contributed by atoms with Crippen LogP contribution in [0.4, 0.5) is 4.39 Å². The lowest BCUT2D eigenvalue weighted by Crippen LogP contribution is -2.23. The molecule has 0 saturated carbocycles. The van der Waals surface area contributed by atoms with Gasteiger partial charge in [0.2, 0.25) is 0 Å². The van der Waals surface area contributed by atoms with Crippen molar-refractivity contribution >= 4 is 29.1 Å². The number of hydrogen-bond donors (Lipinski definition) is 2. The van der Waals surface area contributed by atoms with Crippen LogP contribution in [0.3, 0.4) is 0 Å². The molecule has 0 aliphatic heterocycles. The summed E-state index contributed by atoms with van der Waals surface area (Å²) in [5, 5.41) is 12.7. The van der Waals surface area contributed by atoms with Gasteiger partial charge in [0.25, 0.3) is 5.91 Å². The Kier molecular flexibility index (Phi) is 4.47. The summed E-state index contributed by atoms with van der Waals surface area (Å²) in [7, 11) is 0. The molecule has 20 heavy (non-hydrogen) atoms. The standard InChI is InChI=1S/C14H10Cl2FNO2/c15-9-2-4-13(19)11(5-9)14(20)18-7-8-1-3-10(17)6-12(8)16/h1-6,19H,7H2,(H,18,20). The molecule has 2 rings (SSSR count). The zero-order valence-electron chi connectivity index (χ0n) is 10.2. The number of phenols is 1. The van der Waals surface area contributed by atoms with Crippen molar-refractivity contribution in [2.24, 2.45) is 0 Å². The van der Waals surface area contributed by atoms with E-state index in [9.17, 15) is 14.3 Å². The van der Waals surface area contributed by atoms with Gasteiger partial charge in [-0.1, -0.05) is 29.3 Å². The Hall–Kier alpha value is -1.78. The maximum Gasteiger partial charge on any atom is 0.255 e. The maximum absolute atomic E-state index is 12.9.